The van der Waals surface area contributed by atoms with Crippen LogP contribution >= 0.6 is 11.3 Å². The molecule has 0 aliphatic rings. The number of carbonyl (C=O) groups is 1. The Bertz CT molecular complexity index is 1330. The Morgan fingerprint density at radius 1 is 1.03 bits per heavy atom. The Kier molecular flexibility index (Phi) is 5.04. The smallest absolute Gasteiger partial charge is 0.265 e. The summed E-state index contributed by atoms with van der Waals surface area (Å²) in [4.78, 5) is 12.9. The number of fused-ring (bicyclic) bond motifs is 1. The third-order valence-corrected chi connectivity index (χ3v) is 7.20. The van der Waals surface area contributed by atoms with Gasteiger partial charge in [-0.2, -0.15) is 5.10 Å². The number of amides is 1. The highest BCUT2D eigenvalue weighted by atomic mass is 32.2. The summed E-state index contributed by atoms with van der Waals surface area (Å²) >= 11 is 0.954. The van der Waals surface area contributed by atoms with Gasteiger partial charge in [0.25, 0.3) is 5.91 Å². The molecule has 4 aromatic rings. The van der Waals surface area contributed by atoms with E-state index in [1.807, 2.05) is 54.6 Å². The van der Waals surface area contributed by atoms with E-state index in [4.69, 9.17) is 0 Å². The summed E-state index contributed by atoms with van der Waals surface area (Å²) in [5, 5.41) is 11.2. The molecule has 2 aromatic heterocycles. The maximum Gasteiger partial charge on any atom is 0.265 e. The van der Waals surface area contributed by atoms with Crippen LogP contribution in [0.2, 0.25) is 0 Å². The minimum Gasteiger partial charge on any atom is -0.321 e. The number of benzene rings is 2. The Hall–Kier alpha value is -3.23. The molecule has 0 bridgehead atoms. The number of H-pyrrole nitrogens is 1. The van der Waals surface area contributed by atoms with E-state index in [1.54, 1.807) is 6.07 Å². The van der Waals surface area contributed by atoms with E-state index in [-0.39, 0.29) is 10.1 Å². The lowest BCUT2D eigenvalue weighted by atomic mass is 10.1. The van der Waals surface area contributed by atoms with Crippen LogP contribution in [-0.4, -0.2) is 30.8 Å². The normalized spacial score (nSPS) is 11.9. The van der Waals surface area contributed by atoms with Crippen LogP contribution in [0.5, 0.6) is 0 Å². The van der Waals surface area contributed by atoms with Gasteiger partial charge in [-0.15, -0.1) is 11.3 Å². The number of carbonyl (C=O) groups excluding carboxylic acids is 1. The monoisotopic (exact) mass is 423 g/mol. The van der Waals surface area contributed by atoms with Crippen molar-refractivity contribution in [2.75, 3.05) is 11.6 Å². The van der Waals surface area contributed by atoms with Gasteiger partial charge in [-0.3, -0.25) is 9.89 Å². The zero-order chi connectivity index (χ0) is 20.4. The van der Waals surface area contributed by atoms with Gasteiger partial charge in [-0.05, 0) is 35.9 Å². The fourth-order valence-corrected chi connectivity index (χ4v) is 4.68. The first-order valence-corrected chi connectivity index (χ1v) is 11.4. The highest BCUT2D eigenvalue weighted by Gasteiger charge is 2.15. The quantitative estimate of drug-likeness (QED) is 0.496. The molecule has 4 rings (SSSR count). The second-order valence-electron chi connectivity index (χ2n) is 6.42. The lowest BCUT2D eigenvalue weighted by Gasteiger charge is -2.07. The molecule has 0 radical (unpaired) electrons. The Morgan fingerprint density at radius 3 is 2.59 bits per heavy atom. The fraction of sp³-hybridized carbons (Fsp3) is 0.0476. The van der Waals surface area contributed by atoms with Crippen molar-refractivity contribution in [1.29, 1.82) is 0 Å². The van der Waals surface area contributed by atoms with Crippen molar-refractivity contribution in [2.24, 2.45) is 0 Å². The molecule has 2 heterocycles. The summed E-state index contributed by atoms with van der Waals surface area (Å²) in [6.45, 7) is 0. The van der Waals surface area contributed by atoms with E-state index in [0.29, 0.717) is 10.6 Å². The van der Waals surface area contributed by atoms with E-state index < -0.39 is 9.84 Å². The first-order valence-electron chi connectivity index (χ1n) is 8.73. The maximum atomic E-state index is 12.6. The molecule has 6 nitrogen and oxygen atoms in total. The molecule has 146 valence electrons. The molecular weight excluding hydrogens is 406 g/mol. The van der Waals surface area contributed by atoms with Crippen molar-refractivity contribution in [2.45, 2.75) is 4.21 Å². The van der Waals surface area contributed by atoms with E-state index in [0.717, 1.165) is 39.8 Å². The average molecular weight is 424 g/mol. The Labute approximate surface area is 171 Å². The zero-order valence-electron chi connectivity index (χ0n) is 15.4. The second-order valence-corrected chi connectivity index (χ2v) is 9.75. The zero-order valence-corrected chi connectivity index (χ0v) is 17.0. The molecule has 0 unspecified atom stereocenters. The molecule has 0 aliphatic heterocycles. The largest absolute Gasteiger partial charge is 0.321 e. The third-order valence-electron chi connectivity index (χ3n) is 4.30. The van der Waals surface area contributed by atoms with E-state index in [9.17, 15) is 13.2 Å². The van der Waals surface area contributed by atoms with Crippen LogP contribution < -0.4 is 5.32 Å². The van der Waals surface area contributed by atoms with Crippen LogP contribution in [0.25, 0.3) is 23.1 Å². The molecule has 0 atom stereocenters. The number of aromatic amines is 1. The summed E-state index contributed by atoms with van der Waals surface area (Å²) in [5.74, 6) is -0.351. The number of hydrogen-bond acceptors (Lipinski definition) is 5. The minimum atomic E-state index is -3.33. The number of hydrogen-bond donors (Lipinski definition) is 2. The molecule has 1 amide bonds. The molecule has 2 aromatic carbocycles. The predicted molar refractivity (Wildman–Crippen MR) is 117 cm³/mol. The first kappa shape index (κ1) is 19.1. The lowest BCUT2D eigenvalue weighted by molar-refractivity contribution is 0.103. The van der Waals surface area contributed by atoms with E-state index >= 15 is 0 Å². The van der Waals surface area contributed by atoms with Crippen molar-refractivity contribution < 1.29 is 13.2 Å². The number of rotatable bonds is 5. The number of nitrogens with one attached hydrogen (secondary N) is 2. The lowest BCUT2D eigenvalue weighted by Crippen LogP contribution is -2.11. The number of nitrogens with zero attached hydrogens (tertiary/aromatic N) is 1. The average Bonchev–Trinajstić information content (AvgIpc) is 3.35. The third kappa shape index (κ3) is 4.13. The first-order chi connectivity index (χ1) is 13.9. The predicted octanol–water partition coefficient (Wildman–Crippen LogP) is 4.45. The SMILES string of the molecule is CS(=O)(=O)c1ccc(C(=O)Nc2ccccc2C=Cc2n[nH]c3ccccc23)s1. The van der Waals surface area contributed by atoms with E-state index in [1.165, 1.54) is 12.1 Å². The highest BCUT2D eigenvalue weighted by Crippen LogP contribution is 2.25. The van der Waals surface area contributed by atoms with Gasteiger partial charge in [0.15, 0.2) is 9.84 Å². The van der Waals surface area contributed by atoms with Gasteiger partial charge in [-0.1, -0.05) is 42.5 Å². The summed E-state index contributed by atoms with van der Waals surface area (Å²) in [5.41, 5.74) is 3.20. The summed E-state index contributed by atoms with van der Waals surface area (Å²) in [6, 6.07) is 18.2. The number of para-hydroxylation sites is 2. The Balaban J connectivity index is 1.58. The molecule has 0 fully saturated rings. The van der Waals surface area contributed by atoms with Crippen molar-refractivity contribution in [3.8, 4) is 0 Å². The molecule has 29 heavy (non-hydrogen) atoms. The van der Waals surface area contributed by atoms with Crippen molar-refractivity contribution >= 4 is 55.8 Å². The highest BCUT2D eigenvalue weighted by molar-refractivity contribution is 7.92. The molecule has 0 spiro atoms. The van der Waals surface area contributed by atoms with E-state index in [2.05, 4.69) is 15.5 Å². The molecular formula is C21H17N3O3S2. The van der Waals surface area contributed by atoms with Crippen molar-refractivity contribution in [1.82, 2.24) is 10.2 Å². The molecule has 2 N–H and O–H groups in total. The Morgan fingerprint density at radius 2 is 1.79 bits per heavy atom. The van der Waals surface area contributed by atoms with Crippen LogP contribution in [0.4, 0.5) is 5.69 Å². The van der Waals surface area contributed by atoms with Gasteiger partial charge in [-0.25, -0.2) is 8.42 Å². The standard InChI is InChI=1S/C21H17N3O3S2/c1-29(26,27)20-13-12-19(28-20)21(25)22-16-8-4-2-6-14(16)10-11-18-15-7-3-5-9-17(15)23-24-18/h2-13H,1H3,(H,22,25)(H,23,24). The van der Waals surface area contributed by atoms with Gasteiger partial charge in [0, 0.05) is 17.3 Å². The van der Waals surface area contributed by atoms with Gasteiger partial charge in [0.2, 0.25) is 0 Å². The van der Waals surface area contributed by atoms with Gasteiger partial charge < -0.3 is 5.32 Å². The number of aromatic nitrogens is 2. The van der Waals surface area contributed by atoms with Crippen LogP contribution in [0.15, 0.2) is 64.9 Å². The maximum absolute atomic E-state index is 12.6. The molecule has 0 saturated carbocycles. The van der Waals surface area contributed by atoms with Gasteiger partial charge in [0.1, 0.15) is 4.21 Å². The van der Waals surface area contributed by atoms with Crippen LogP contribution in [0.3, 0.4) is 0 Å². The second kappa shape index (κ2) is 7.65. The van der Waals surface area contributed by atoms with Crippen molar-refractivity contribution in [3.63, 3.8) is 0 Å². The van der Waals surface area contributed by atoms with Crippen LogP contribution in [0, 0.1) is 0 Å². The fourth-order valence-electron chi connectivity index (χ4n) is 2.86. The topological polar surface area (TPSA) is 91.9 Å². The minimum absolute atomic E-state index is 0.168. The van der Waals surface area contributed by atoms with Crippen LogP contribution in [-0.2, 0) is 9.84 Å². The number of anilines is 1. The molecule has 8 heteroatoms. The van der Waals surface area contributed by atoms with Crippen molar-refractivity contribution in [3.05, 3.63) is 76.8 Å². The summed E-state index contributed by atoms with van der Waals surface area (Å²) < 4.78 is 23.4. The van der Waals surface area contributed by atoms with Gasteiger partial charge in [0.05, 0.1) is 16.1 Å². The molecule has 0 saturated heterocycles. The summed E-state index contributed by atoms with van der Waals surface area (Å²) in [7, 11) is -3.33. The summed E-state index contributed by atoms with van der Waals surface area (Å²) in [6.07, 6.45) is 4.89. The molecule has 0 aliphatic carbocycles. The number of thiophene rings is 1. The number of sulfone groups is 1. The van der Waals surface area contributed by atoms with Gasteiger partial charge >= 0.3 is 0 Å². The van der Waals surface area contributed by atoms with Crippen LogP contribution in [0.1, 0.15) is 20.9 Å².